The number of carbonyl (C=O) groups excluding carboxylic acids is 1. The summed E-state index contributed by atoms with van der Waals surface area (Å²) in [7, 11) is 1.90. The molecule has 7 nitrogen and oxygen atoms in total. The molecule has 0 unspecified atom stereocenters. The molecular weight excluding hydrogens is 352 g/mol. The second kappa shape index (κ2) is 6.58. The Balaban J connectivity index is 1.33. The smallest absolute Gasteiger partial charge is 0.230 e. The predicted molar refractivity (Wildman–Crippen MR) is 108 cm³/mol. The lowest BCUT2D eigenvalue weighted by atomic mass is 9.95. The fourth-order valence-electron chi connectivity index (χ4n) is 4.48. The summed E-state index contributed by atoms with van der Waals surface area (Å²) in [6.07, 6.45) is 4.49. The van der Waals surface area contributed by atoms with E-state index >= 15 is 0 Å². The Morgan fingerprint density at radius 2 is 1.89 bits per heavy atom. The second-order valence-electron chi connectivity index (χ2n) is 7.73. The molecule has 0 spiro atoms. The number of benzene rings is 1. The van der Waals surface area contributed by atoms with Crippen LogP contribution in [0.25, 0.3) is 11.0 Å². The third kappa shape index (κ3) is 2.73. The van der Waals surface area contributed by atoms with Crippen LogP contribution in [0.2, 0.25) is 0 Å². The van der Waals surface area contributed by atoms with Crippen LogP contribution < -0.4 is 9.80 Å². The quantitative estimate of drug-likeness (QED) is 0.687. The first-order chi connectivity index (χ1) is 13.6. The number of aryl methyl sites for hydroxylation is 2. The molecule has 2 aliphatic rings. The van der Waals surface area contributed by atoms with E-state index in [0.717, 1.165) is 67.3 Å². The van der Waals surface area contributed by atoms with Gasteiger partial charge in [0.15, 0.2) is 5.65 Å². The molecule has 28 heavy (non-hydrogen) atoms. The molecule has 7 heteroatoms. The summed E-state index contributed by atoms with van der Waals surface area (Å²) in [4.78, 5) is 26.6. The van der Waals surface area contributed by atoms with Gasteiger partial charge >= 0.3 is 0 Å². The van der Waals surface area contributed by atoms with Crippen LogP contribution in [0, 0.1) is 12.8 Å². The van der Waals surface area contributed by atoms with E-state index in [1.807, 2.05) is 37.2 Å². The molecule has 4 heterocycles. The van der Waals surface area contributed by atoms with Gasteiger partial charge in [0.1, 0.15) is 11.6 Å². The molecule has 144 valence electrons. The van der Waals surface area contributed by atoms with Crippen molar-refractivity contribution in [3.8, 4) is 0 Å². The zero-order valence-electron chi connectivity index (χ0n) is 16.3. The van der Waals surface area contributed by atoms with Crippen molar-refractivity contribution in [2.45, 2.75) is 26.2 Å². The first-order valence-corrected chi connectivity index (χ1v) is 9.92. The van der Waals surface area contributed by atoms with Crippen LogP contribution in [0.1, 0.15) is 24.2 Å². The lowest BCUT2D eigenvalue weighted by Crippen LogP contribution is -2.42. The van der Waals surface area contributed by atoms with E-state index in [-0.39, 0.29) is 11.8 Å². The first kappa shape index (κ1) is 17.2. The number of hydrogen-bond acceptors (Lipinski definition) is 5. The maximum absolute atomic E-state index is 13.1. The van der Waals surface area contributed by atoms with Crippen LogP contribution in [0.15, 0.2) is 30.5 Å². The van der Waals surface area contributed by atoms with Crippen LogP contribution >= 0.6 is 0 Å². The number of para-hydroxylation sites is 1. The van der Waals surface area contributed by atoms with Gasteiger partial charge in [-0.05, 0) is 37.8 Å². The molecule has 0 bridgehead atoms. The summed E-state index contributed by atoms with van der Waals surface area (Å²) < 4.78 is 1.79. The van der Waals surface area contributed by atoms with Crippen molar-refractivity contribution in [3.63, 3.8) is 0 Å². The second-order valence-corrected chi connectivity index (χ2v) is 7.73. The van der Waals surface area contributed by atoms with Crippen molar-refractivity contribution in [1.82, 2.24) is 19.7 Å². The van der Waals surface area contributed by atoms with Gasteiger partial charge in [0.05, 0.1) is 11.6 Å². The van der Waals surface area contributed by atoms with Crippen molar-refractivity contribution in [1.29, 1.82) is 0 Å². The number of rotatable bonds is 2. The van der Waals surface area contributed by atoms with Crippen molar-refractivity contribution >= 4 is 28.4 Å². The molecule has 5 rings (SSSR count). The fraction of sp³-hybridized carbons (Fsp3) is 0.429. The third-order valence-corrected chi connectivity index (χ3v) is 5.98. The van der Waals surface area contributed by atoms with Gasteiger partial charge < -0.3 is 9.80 Å². The highest BCUT2D eigenvalue weighted by Gasteiger charge is 2.33. The number of carbonyl (C=O) groups is 1. The summed E-state index contributed by atoms with van der Waals surface area (Å²) in [5.74, 6) is 2.04. The minimum atomic E-state index is 0.0785. The molecule has 2 aromatic heterocycles. The molecule has 1 fully saturated rings. The maximum Gasteiger partial charge on any atom is 0.230 e. The van der Waals surface area contributed by atoms with E-state index < -0.39 is 0 Å². The van der Waals surface area contributed by atoms with Gasteiger partial charge in [0, 0.05) is 38.3 Å². The van der Waals surface area contributed by atoms with E-state index in [2.05, 4.69) is 32.1 Å². The molecule has 0 saturated carbocycles. The van der Waals surface area contributed by atoms with Crippen LogP contribution in [-0.2, 0) is 18.3 Å². The number of anilines is 2. The summed E-state index contributed by atoms with van der Waals surface area (Å²) >= 11 is 0. The molecule has 3 aromatic rings. The average Bonchev–Trinajstić information content (AvgIpc) is 3.31. The number of piperidine rings is 1. The monoisotopic (exact) mass is 376 g/mol. The highest BCUT2D eigenvalue weighted by molar-refractivity contribution is 5.97. The zero-order chi connectivity index (χ0) is 19.3. The van der Waals surface area contributed by atoms with Gasteiger partial charge in [0.25, 0.3) is 0 Å². The van der Waals surface area contributed by atoms with E-state index in [1.54, 1.807) is 4.68 Å². The normalized spacial score (nSPS) is 17.4. The molecule has 0 aliphatic carbocycles. The topological polar surface area (TPSA) is 67.2 Å². The largest absolute Gasteiger partial charge is 0.356 e. The van der Waals surface area contributed by atoms with Gasteiger partial charge in [0.2, 0.25) is 5.91 Å². The Morgan fingerprint density at radius 1 is 1.11 bits per heavy atom. The highest BCUT2D eigenvalue weighted by Crippen LogP contribution is 2.32. The average molecular weight is 376 g/mol. The minimum absolute atomic E-state index is 0.0785. The Labute approximate surface area is 164 Å². The SMILES string of the molecule is Cc1nc(N2CCC(C(=O)N3CCc4ccccc43)CC2)c2cnn(C)c2n1. The van der Waals surface area contributed by atoms with E-state index in [4.69, 9.17) is 0 Å². The number of nitrogens with zero attached hydrogens (tertiary/aromatic N) is 6. The van der Waals surface area contributed by atoms with Gasteiger partial charge in [-0.3, -0.25) is 9.48 Å². The number of fused-ring (bicyclic) bond motifs is 2. The number of hydrogen-bond donors (Lipinski definition) is 0. The molecular formula is C21H24N6O. The Hall–Kier alpha value is -2.96. The summed E-state index contributed by atoms with van der Waals surface area (Å²) in [6.45, 7) is 4.37. The van der Waals surface area contributed by atoms with Crippen molar-refractivity contribution in [2.24, 2.45) is 13.0 Å². The molecule has 1 amide bonds. The predicted octanol–water partition coefficient (Wildman–Crippen LogP) is 2.48. The Kier molecular flexibility index (Phi) is 4.03. The standard InChI is InChI=1S/C21H24N6O/c1-14-23-19-17(13-22-25(19)2)20(24-14)26-10-7-16(8-11-26)21(28)27-12-9-15-5-3-4-6-18(15)27/h3-6,13,16H,7-12H2,1-2H3. The summed E-state index contributed by atoms with van der Waals surface area (Å²) in [6, 6.07) is 8.26. The lowest BCUT2D eigenvalue weighted by Gasteiger charge is -2.34. The molecule has 0 atom stereocenters. The van der Waals surface area contributed by atoms with Crippen molar-refractivity contribution < 1.29 is 4.79 Å². The van der Waals surface area contributed by atoms with Crippen molar-refractivity contribution in [2.75, 3.05) is 29.4 Å². The van der Waals surface area contributed by atoms with Gasteiger partial charge in [-0.2, -0.15) is 5.10 Å². The van der Waals surface area contributed by atoms with E-state index in [0.29, 0.717) is 0 Å². The molecule has 1 saturated heterocycles. The van der Waals surface area contributed by atoms with Gasteiger partial charge in [-0.15, -0.1) is 0 Å². The molecule has 0 radical (unpaired) electrons. The maximum atomic E-state index is 13.1. The van der Waals surface area contributed by atoms with Gasteiger partial charge in [-0.25, -0.2) is 9.97 Å². The Bertz CT molecular complexity index is 1050. The molecule has 1 aromatic carbocycles. The summed E-state index contributed by atoms with van der Waals surface area (Å²) in [5, 5.41) is 5.31. The van der Waals surface area contributed by atoms with Crippen LogP contribution in [0.3, 0.4) is 0 Å². The highest BCUT2D eigenvalue weighted by atomic mass is 16.2. The fourth-order valence-corrected chi connectivity index (χ4v) is 4.48. The summed E-state index contributed by atoms with van der Waals surface area (Å²) in [5.41, 5.74) is 3.23. The number of amides is 1. The van der Waals surface area contributed by atoms with E-state index in [1.165, 1.54) is 5.56 Å². The minimum Gasteiger partial charge on any atom is -0.356 e. The van der Waals surface area contributed by atoms with Gasteiger partial charge in [-0.1, -0.05) is 18.2 Å². The third-order valence-electron chi connectivity index (χ3n) is 5.98. The van der Waals surface area contributed by atoms with E-state index in [9.17, 15) is 4.79 Å². The van der Waals surface area contributed by atoms with Crippen LogP contribution in [0.4, 0.5) is 11.5 Å². The lowest BCUT2D eigenvalue weighted by molar-refractivity contribution is -0.122. The van der Waals surface area contributed by atoms with Crippen LogP contribution in [0.5, 0.6) is 0 Å². The van der Waals surface area contributed by atoms with Crippen molar-refractivity contribution in [3.05, 3.63) is 41.9 Å². The molecule has 0 N–H and O–H groups in total. The zero-order valence-corrected chi connectivity index (χ0v) is 16.3. The Morgan fingerprint density at radius 3 is 2.71 bits per heavy atom. The molecule has 2 aliphatic heterocycles. The first-order valence-electron chi connectivity index (χ1n) is 9.92. The number of aromatic nitrogens is 4. The van der Waals surface area contributed by atoms with Crippen LogP contribution in [-0.4, -0.2) is 45.3 Å².